The summed E-state index contributed by atoms with van der Waals surface area (Å²) < 4.78 is 0. The molecule has 0 aliphatic carbocycles. The summed E-state index contributed by atoms with van der Waals surface area (Å²) in [6.07, 6.45) is 5.77. The normalized spacial score (nSPS) is 12.2. The van der Waals surface area contributed by atoms with E-state index in [4.69, 9.17) is 0 Å². The molecule has 0 saturated heterocycles. The summed E-state index contributed by atoms with van der Waals surface area (Å²) in [5.74, 6) is 0. The molecule has 1 unspecified atom stereocenters. The molecule has 1 atom stereocenters. The molecular weight excluding hydrogens is 194 g/mol. The molecule has 0 amide bonds. The first-order chi connectivity index (χ1) is 6.76. The molecule has 0 bridgehead atoms. The summed E-state index contributed by atoms with van der Waals surface area (Å²) in [6, 6.07) is 2.06. The van der Waals surface area contributed by atoms with Gasteiger partial charge in [0.05, 0.1) is 23.8 Å². The van der Waals surface area contributed by atoms with Crippen molar-refractivity contribution < 1.29 is 0 Å². The van der Waals surface area contributed by atoms with Crippen molar-refractivity contribution in [3.63, 3.8) is 0 Å². The minimum absolute atomic E-state index is 0.619. The lowest BCUT2D eigenvalue weighted by molar-refractivity contribution is 1.00. The molecule has 1 rings (SSSR count). The van der Waals surface area contributed by atoms with Crippen molar-refractivity contribution in [3.8, 4) is 0 Å². The van der Waals surface area contributed by atoms with Gasteiger partial charge in [0.1, 0.15) is 0 Å². The molecule has 1 heterocycles. The number of nitrogens with zero attached hydrogens (tertiary/aromatic N) is 1. The lowest BCUT2D eigenvalue weighted by Gasteiger charge is -2.11. The molecule has 3 nitrogen and oxygen atoms in total. The van der Waals surface area contributed by atoms with Crippen LogP contribution in [0.4, 0.5) is 11.4 Å². The first-order valence-corrected chi connectivity index (χ1v) is 5.94. The topological polar surface area (TPSA) is 37.0 Å². The number of hydrogen-bond acceptors (Lipinski definition) is 4. The van der Waals surface area contributed by atoms with Crippen LogP contribution in [0, 0.1) is 0 Å². The van der Waals surface area contributed by atoms with Gasteiger partial charge in [-0.1, -0.05) is 6.92 Å². The van der Waals surface area contributed by atoms with Gasteiger partial charge in [-0.2, -0.15) is 11.8 Å². The third-order valence-corrected chi connectivity index (χ3v) is 2.99. The number of anilines is 2. The summed E-state index contributed by atoms with van der Waals surface area (Å²) in [4.78, 5) is 4.13. The van der Waals surface area contributed by atoms with Crippen LogP contribution in [0.15, 0.2) is 18.5 Å². The van der Waals surface area contributed by atoms with Gasteiger partial charge in [0.2, 0.25) is 0 Å². The molecule has 1 aromatic rings. The Kier molecular flexibility index (Phi) is 4.59. The van der Waals surface area contributed by atoms with E-state index in [9.17, 15) is 0 Å². The van der Waals surface area contributed by atoms with Crippen molar-refractivity contribution >= 4 is 23.1 Å². The number of rotatable bonds is 5. The smallest absolute Gasteiger partial charge is 0.0547 e. The molecule has 0 saturated carbocycles. The maximum atomic E-state index is 4.13. The quantitative estimate of drug-likeness (QED) is 0.783. The number of nitrogens with one attached hydrogen (secondary N) is 2. The van der Waals surface area contributed by atoms with Crippen molar-refractivity contribution in [2.75, 3.05) is 30.5 Å². The molecule has 2 N–H and O–H groups in total. The highest BCUT2D eigenvalue weighted by molar-refractivity contribution is 7.99. The highest BCUT2D eigenvalue weighted by Gasteiger charge is 1.99. The summed E-state index contributed by atoms with van der Waals surface area (Å²) in [6.45, 7) is 3.17. The first kappa shape index (κ1) is 11.2. The molecular formula is C10H17N3S. The van der Waals surface area contributed by atoms with Crippen LogP contribution in [0.5, 0.6) is 0 Å². The Bertz CT molecular complexity index is 278. The van der Waals surface area contributed by atoms with Gasteiger partial charge in [-0.05, 0) is 12.3 Å². The molecule has 0 aromatic carbocycles. The zero-order chi connectivity index (χ0) is 10.4. The number of pyridine rings is 1. The molecule has 1 aromatic heterocycles. The van der Waals surface area contributed by atoms with E-state index in [0.29, 0.717) is 5.25 Å². The van der Waals surface area contributed by atoms with Crippen molar-refractivity contribution in [1.82, 2.24) is 4.98 Å². The molecule has 0 radical (unpaired) electrons. The second-order valence-corrected chi connectivity index (χ2v) is 4.42. The van der Waals surface area contributed by atoms with Gasteiger partial charge < -0.3 is 10.6 Å². The summed E-state index contributed by atoms with van der Waals surface area (Å²) >= 11 is 1.86. The van der Waals surface area contributed by atoms with Crippen LogP contribution in [0.3, 0.4) is 0 Å². The Labute approximate surface area is 89.7 Å². The monoisotopic (exact) mass is 211 g/mol. The van der Waals surface area contributed by atoms with E-state index in [2.05, 4.69) is 34.9 Å². The van der Waals surface area contributed by atoms with E-state index in [0.717, 1.165) is 17.9 Å². The van der Waals surface area contributed by atoms with Gasteiger partial charge in [-0.25, -0.2) is 0 Å². The van der Waals surface area contributed by atoms with E-state index in [1.807, 2.05) is 31.2 Å². The van der Waals surface area contributed by atoms with Gasteiger partial charge in [-0.15, -0.1) is 0 Å². The zero-order valence-electron chi connectivity index (χ0n) is 8.87. The summed E-state index contributed by atoms with van der Waals surface area (Å²) in [7, 11) is 1.89. The molecule has 0 spiro atoms. The highest BCUT2D eigenvalue weighted by Crippen LogP contribution is 2.13. The zero-order valence-corrected chi connectivity index (χ0v) is 9.69. The average molecular weight is 211 g/mol. The van der Waals surface area contributed by atoms with E-state index >= 15 is 0 Å². The Hall–Kier alpha value is -0.900. The highest BCUT2D eigenvalue weighted by atomic mass is 32.2. The third-order valence-electron chi connectivity index (χ3n) is 2.02. The third kappa shape index (κ3) is 3.46. The fourth-order valence-electron chi connectivity index (χ4n) is 1.02. The van der Waals surface area contributed by atoms with E-state index in [-0.39, 0.29) is 0 Å². The van der Waals surface area contributed by atoms with Crippen LogP contribution in [0.1, 0.15) is 6.92 Å². The number of hydrogen-bond donors (Lipinski definition) is 2. The van der Waals surface area contributed by atoms with Crippen molar-refractivity contribution in [3.05, 3.63) is 18.5 Å². The van der Waals surface area contributed by atoms with Gasteiger partial charge in [0, 0.05) is 18.8 Å². The Balaban J connectivity index is 2.50. The van der Waals surface area contributed by atoms with Gasteiger partial charge >= 0.3 is 0 Å². The maximum Gasteiger partial charge on any atom is 0.0547 e. The molecule has 0 aliphatic rings. The van der Waals surface area contributed by atoms with Crippen molar-refractivity contribution in [2.45, 2.75) is 12.2 Å². The second kappa shape index (κ2) is 5.75. The van der Waals surface area contributed by atoms with Crippen LogP contribution in [-0.4, -0.2) is 30.1 Å². The first-order valence-electron chi connectivity index (χ1n) is 4.65. The largest absolute Gasteiger partial charge is 0.387 e. The molecule has 14 heavy (non-hydrogen) atoms. The fraction of sp³-hybridized carbons (Fsp3) is 0.500. The molecule has 78 valence electrons. The molecule has 4 heteroatoms. The maximum absolute atomic E-state index is 4.13. The average Bonchev–Trinajstić information content (AvgIpc) is 2.26. The summed E-state index contributed by atoms with van der Waals surface area (Å²) in [5, 5.41) is 7.03. The van der Waals surface area contributed by atoms with Crippen LogP contribution in [0.25, 0.3) is 0 Å². The number of thioether (sulfide) groups is 1. The van der Waals surface area contributed by atoms with Crippen molar-refractivity contribution in [2.24, 2.45) is 0 Å². The van der Waals surface area contributed by atoms with Crippen LogP contribution < -0.4 is 10.6 Å². The lowest BCUT2D eigenvalue weighted by atomic mass is 10.3. The molecule has 0 fully saturated rings. The predicted octanol–water partition coefficient (Wildman–Crippen LogP) is 2.29. The lowest BCUT2D eigenvalue weighted by Crippen LogP contribution is -2.12. The van der Waals surface area contributed by atoms with Gasteiger partial charge in [0.15, 0.2) is 0 Å². The minimum atomic E-state index is 0.619. The second-order valence-electron chi connectivity index (χ2n) is 3.14. The van der Waals surface area contributed by atoms with E-state index < -0.39 is 0 Å². The summed E-state index contributed by atoms with van der Waals surface area (Å²) in [5.41, 5.74) is 2.10. The van der Waals surface area contributed by atoms with Crippen LogP contribution in [-0.2, 0) is 0 Å². The van der Waals surface area contributed by atoms with Crippen LogP contribution in [0.2, 0.25) is 0 Å². The fourth-order valence-corrected chi connectivity index (χ4v) is 1.27. The SMILES string of the molecule is CNc1cncc(NCC(C)SC)c1. The van der Waals surface area contributed by atoms with E-state index in [1.54, 1.807) is 0 Å². The Morgan fingerprint density at radius 1 is 1.43 bits per heavy atom. The van der Waals surface area contributed by atoms with Gasteiger partial charge in [-0.3, -0.25) is 4.98 Å². The predicted molar refractivity (Wildman–Crippen MR) is 65.3 cm³/mol. The molecule has 0 aliphatic heterocycles. The Morgan fingerprint density at radius 2 is 2.14 bits per heavy atom. The van der Waals surface area contributed by atoms with Crippen molar-refractivity contribution in [1.29, 1.82) is 0 Å². The number of aromatic nitrogens is 1. The van der Waals surface area contributed by atoms with Gasteiger partial charge in [0.25, 0.3) is 0 Å². The minimum Gasteiger partial charge on any atom is -0.387 e. The van der Waals surface area contributed by atoms with E-state index in [1.165, 1.54) is 0 Å². The van der Waals surface area contributed by atoms with Crippen LogP contribution >= 0.6 is 11.8 Å². The standard InChI is InChI=1S/C10H17N3S/c1-8(14-3)5-13-10-4-9(11-2)6-12-7-10/h4,6-8,11,13H,5H2,1-3H3. The Morgan fingerprint density at radius 3 is 2.79 bits per heavy atom.